The van der Waals surface area contributed by atoms with Crippen molar-refractivity contribution in [2.75, 3.05) is 388 Å². The summed E-state index contributed by atoms with van der Waals surface area (Å²) in [7, 11) is 5.15. The van der Waals surface area contributed by atoms with Gasteiger partial charge in [0.2, 0.25) is 41.4 Å². The molecule has 1 atom stereocenters. The number of carbonyl (C=O) groups excluding carboxylic acids is 12. The molecule has 7 amide bonds. The number of aliphatic carboxylic acids is 11. The number of amides is 7. The molecule has 4 heterocycles. The van der Waals surface area contributed by atoms with Gasteiger partial charge in [-0.05, 0) is 13.3 Å². The van der Waals surface area contributed by atoms with Gasteiger partial charge in [-0.15, -0.1) is 0 Å². The van der Waals surface area contributed by atoms with Gasteiger partial charge in [-0.3, -0.25) is 160 Å². The summed E-state index contributed by atoms with van der Waals surface area (Å²) in [6, 6.07) is 0. The smallest absolute Gasteiger partial charge is 0.549 e. The molecule has 139 heavy (non-hydrogen) atoms. The molecule has 4 aliphatic rings. The molecule has 0 saturated carbocycles. The van der Waals surface area contributed by atoms with Gasteiger partial charge in [0.15, 0.2) is 5.78 Å². The number of nitrogens with zero attached hydrogens (tertiary/aromatic N) is 20. The Bertz CT molecular complexity index is 3400. The Kier molecular flexibility index (Phi) is 62.2. The van der Waals surface area contributed by atoms with E-state index in [0.29, 0.717) is 0 Å². The van der Waals surface area contributed by atoms with Gasteiger partial charge in [0, 0.05) is 289 Å². The van der Waals surface area contributed by atoms with Crippen LogP contribution < -0.4 is 31.3 Å². The second-order valence-electron chi connectivity index (χ2n) is 35.3. The molecule has 56 heteroatoms. The monoisotopic (exact) mass is 2270 g/mol. The number of nitrogens with one attached hydrogen (secondary N) is 3. The SMILES string of the molecule is CC(=O)CN1CCN(CC(=O)O)CCN(CC(=O)N(C)CC(=O)NCC(CCC(=O)CN(C)C(=O)CN2CCN(CC(=O)[O-])CCN(CC(=O)O)CCN(CC(=O)O)CC2)(CNC(=O)CN(C)C(=O)CN2CCN(CC(=O)[O-])CCN(CC(=O)[O-])CCN(CC(=O)O)CC2)CNC(=O)CN(C)C(=O)CN2CCN(CC(=O)O)CCN(CC(=O)O)CCN(CC(=O)O)CC2)CCN(CC(=O)O)CC1.[Gd+3].[Gd+3]. The van der Waals surface area contributed by atoms with Crippen LogP contribution in [0.25, 0.3) is 0 Å². The third-order valence-electron chi connectivity index (χ3n) is 23.7. The van der Waals surface area contributed by atoms with Crippen LogP contribution in [-0.4, -0.2) is 646 Å². The van der Waals surface area contributed by atoms with Crippen molar-refractivity contribution in [1.29, 1.82) is 0 Å². The van der Waals surface area contributed by atoms with Gasteiger partial charge in [0.25, 0.3) is 0 Å². The van der Waals surface area contributed by atoms with Crippen molar-refractivity contribution in [1.82, 2.24) is 114 Å². The Morgan fingerprint density at radius 1 is 0.237 bits per heavy atom. The number of hydrogen-bond acceptors (Lipinski definition) is 39. The zero-order chi connectivity index (χ0) is 102. The van der Waals surface area contributed by atoms with E-state index < -0.39 is 275 Å². The van der Waals surface area contributed by atoms with Crippen molar-refractivity contribution in [3.05, 3.63) is 0 Å². The predicted octanol–water partition coefficient (Wildman–Crippen LogP) is -16.1. The number of carboxylic acids is 11. The third kappa shape index (κ3) is 57.6. The zero-order valence-corrected chi connectivity index (χ0v) is 84.5. The van der Waals surface area contributed by atoms with Crippen LogP contribution in [0.2, 0.25) is 0 Å². The number of ketones is 2. The quantitative estimate of drug-likeness (QED) is 0.0269. The molecule has 0 aromatic carbocycles. The molecular formula is C83H140Gd2N23O31+3. The summed E-state index contributed by atoms with van der Waals surface area (Å²) in [5, 5.41) is 123. The molecule has 4 rings (SSSR count). The normalized spacial score (nSPS) is 18.4. The van der Waals surface area contributed by atoms with E-state index in [1.54, 1.807) is 39.2 Å². The molecule has 4 saturated heterocycles. The molecule has 0 bridgehead atoms. The van der Waals surface area contributed by atoms with Crippen molar-refractivity contribution in [2.45, 2.75) is 19.8 Å². The molecule has 1 unspecified atom stereocenters. The number of likely N-dealkylation sites (N-methyl/N-ethyl adjacent to an activating group) is 4. The van der Waals surface area contributed by atoms with Crippen LogP contribution in [0, 0.1) is 85.3 Å². The summed E-state index contributed by atoms with van der Waals surface area (Å²) in [5.41, 5.74) is -1.75. The molecule has 0 aromatic heterocycles. The van der Waals surface area contributed by atoms with E-state index in [-0.39, 0.29) is 302 Å². The Morgan fingerprint density at radius 3 is 0.532 bits per heavy atom. The maximum Gasteiger partial charge on any atom is 3.00 e. The first-order chi connectivity index (χ1) is 64.6. The van der Waals surface area contributed by atoms with Crippen LogP contribution in [0.5, 0.6) is 0 Å². The Labute approximate surface area is 871 Å². The van der Waals surface area contributed by atoms with Crippen LogP contribution in [0.3, 0.4) is 0 Å². The average molecular weight is 2270 g/mol. The zero-order valence-electron chi connectivity index (χ0n) is 79.9. The van der Waals surface area contributed by atoms with Crippen LogP contribution in [0.1, 0.15) is 19.8 Å². The second-order valence-corrected chi connectivity index (χ2v) is 35.3. The molecule has 0 spiro atoms. The van der Waals surface area contributed by atoms with E-state index in [9.17, 15) is 152 Å². The van der Waals surface area contributed by atoms with Gasteiger partial charge < -0.3 is 106 Å². The van der Waals surface area contributed by atoms with Crippen molar-refractivity contribution in [2.24, 2.45) is 5.41 Å². The topological polar surface area (TPSA) is 673 Å². The van der Waals surface area contributed by atoms with Crippen molar-refractivity contribution < 1.29 is 232 Å². The molecule has 54 nitrogen and oxygen atoms in total. The molecule has 786 valence electrons. The maximum absolute atomic E-state index is 14.7. The second kappa shape index (κ2) is 68.1. The molecule has 0 aromatic rings. The fourth-order valence-corrected chi connectivity index (χ4v) is 15.7. The first kappa shape index (κ1) is 127. The number of carboxylic acid groups (broad SMARTS) is 11. The van der Waals surface area contributed by atoms with Crippen LogP contribution in [0.15, 0.2) is 0 Å². The fraction of sp³-hybridized carbons (Fsp3) is 0.759. The summed E-state index contributed by atoms with van der Waals surface area (Å²) in [5.74, 6) is -20.0. The van der Waals surface area contributed by atoms with E-state index in [1.165, 1.54) is 74.3 Å². The van der Waals surface area contributed by atoms with Gasteiger partial charge >= 0.3 is 128 Å². The fourth-order valence-electron chi connectivity index (χ4n) is 15.7. The molecule has 4 fully saturated rings. The number of hydrogen-bond donors (Lipinski definition) is 11. The Balaban J connectivity index is 0.0000327. The molecule has 2 radical (unpaired) electrons. The van der Waals surface area contributed by atoms with Crippen molar-refractivity contribution in [3.63, 3.8) is 0 Å². The van der Waals surface area contributed by atoms with Crippen molar-refractivity contribution in [3.8, 4) is 0 Å². The maximum atomic E-state index is 14.7. The van der Waals surface area contributed by atoms with Gasteiger partial charge in [-0.25, -0.2) is 0 Å². The van der Waals surface area contributed by atoms with Gasteiger partial charge in [-0.2, -0.15) is 0 Å². The van der Waals surface area contributed by atoms with Gasteiger partial charge in [0.1, 0.15) is 5.78 Å². The summed E-state index contributed by atoms with van der Waals surface area (Å²) in [4.78, 5) is 290. The van der Waals surface area contributed by atoms with E-state index in [1.807, 2.05) is 0 Å². The summed E-state index contributed by atoms with van der Waals surface area (Å²) >= 11 is 0. The van der Waals surface area contributed by atoms with E-state index in [4.69, 9.17) is 0 Å². The van der Waals surface area contributed by atoms with E-state index in [0.717, 1.165) is 19.6 Å². The molecule has 11 N–H and O–H groups in total. The first-order valence-corrected chi connectivity index (χ1v) is 45.3. The Morgan fingerprint density at radius 2 is 0.381 bits per heavy atom. The van der Waals surface area contributed by atoms with E-state index >= 15 is 0 Å². The van der Waals surface area contributed by atoms with E-state index in [2.05, 4.69) is 16.0 Å². The number of Topliss-reactive ketones (excluding diaryl/α,β-unsaturated/α-hetero) is 2. The number of rotatable bonds is 49. The minimum atomic E-state index is -1.75. The molecule has 0 aliphatic carbocycles. The number of carbonyl (C=O) groups is 20. The summed E-state index contributed by atoms with van der Waals surface area (Å²) in [6.07, 6.45) is -0.928. The van der Waals surface area contributed by atoms with Crippen molar-refractivity contribution >= 4 is 119 Å². The average Bonchev–Trinajstić information content (AvgIpc) is 0.801. The van der Waals surface area contributed by atoms with Gasteiger partial charge in [0.05, 0.1) is 129 Å². The predicted molar refractivity (Wildman–Crippen MR) is 476 cm³/mol. The Hall–Kier alpha value is -8.19. The van der Waals surface area contributed by atoms with Crippen LogP contribution in [-0.2, 0) is 95.9 Å². The molecular weight excluding hydrogens is 2130 g/mol. The standard InChI is InChI=1S/C83H143N23O31.2Gd/c1-63(107)40-91-8-18-96(49-72(116)117)20-12-93(13-21-97(19-9-91)50-73(118)119)46-69(113)88(3)42-65(109)84-60-83(7-6-64(108)41-87(2)68(112)45-92-10-22-98(51-74(120)121)28-34-104(57-80(132)133)35-29-99(23-11-92)52-75(122)123,61-85-66(110)43-89(4)70(114)47-94-14-24-100(53-76(124)125)30-36-105(58-81(134)135)37-31-101(25-15-94)54-77(126)127)62-86-67(111)44-90(5)71(115)48-95-16-26-102(55-78(128)129)32-38-106(59-82(136)137)39-33-103(27-17-95)56-79(130)131;;/h6-62H2,1-5H3,(H,84,109)(H,85,110)(H,86,111)(H,116,117)(H,118,119)(H,120,121)(H,122,123)(H,124,125)(H,126,127)(H,128,129)(H,130,131)(H,132,133)(H,134,135)(H,136,137);;/q;2*+3/p-3. The van der Waals surface area contributed by atoms with Gasteiger partial charge in [-0.1, -0.05) is 0 Å². The van der Waals surface area contributed by atoms with Crippen LogP contribution >= 0.6 is 0 Å². The summed E-state index contributed by atoms with van der Waals surface area (Å²) in [6.45, 7) is -8.48. The largest absolute Gasteiger partial charge is 3.00 e. The molecule has 4 aliphatic heterocycles. The summed E-state index contributed by atoms with van der Waals surface area (Å²) < 4.78 is 0. The first-order valence-electron chi connectivity index (χ1n) is 45.3. The van der Waals surface area contributed by atoms with Crippen LogP contribution in [0.4, 0.5) is 0 Å². The minimum Gasteiger partial charge on any atom is -0.549 e. The third-order valence-corrected chi connectivity index (χ3v) is 23.7. The minimum absolute atomic E-state index is 0.